The molecular weight excluding hydrogens is 249 g/mol. The minimum absolute atomic E-state index is 0.123. The van der Waals surface area contributed by atoms with Crippen molar-refractivity contribution in [3.8, 4) is 5.75 Å². The van der Waals surface area contributed by atoms with Crippen molar-refractivity contribution in [3.05, 3.63) is 24.3 Å². The number of ether oxygens (including phenoxy) is 1. The maximum atomic E-state index is 11.7. The molecular formula is C12H14BNO5. The van der Waals surface area contributed by atoms with E-state index in [0.29, 0.717) is 11.2 Å². The predicted molar refractivity (Wildman–Crippen MR) is 66.5 cm³/mol. The molecule has 7 heteroatoms. The summed E-state index contributed by atoms with van der Waals surface area (Å²) in [5.74, 6) is -0.168. The molecule has 0 unspecified atom stereocenters. The standard InChI is InChI=1S/C12H14BNO5/c1-14-7-11(15)18-13(14,19-12(16)8-14)9-5-3-4-6-10(9)17-2/h3-6H,7-8H2,1-2H3. The maximum absolute atomic E-state index is 11.7. The molecule has 6 nitrogen and oxygen atoms in total. The number of likely N-dealkylation sites (N-methyl/N-ethyl adjacent to an activating group) is 1. The van der Waals surface area contributed by atoms with Crippen LogP contribution in [0.4, 0.5) is 0 Å². The first kappa shape index (κ1) is 12.0. The summed E-state index contributed by atoms with van der Waals surface area (Å²) < 4.78 is 16.3. The average molecular weight is 263 g/mol. The fraction of sp³-hybridized carbons (Fsp3) is 0.333. The van der Waals surface area contributed by atoms with Crippen molar-refractivity contribution < 1.29 is 28.0 Å². The number of nitrogens with zero attached hydrogens (tertiary/aromatic N) is 1. The largest absolute Gasteiger partial charge is 0.618 e. The van der Waals surface area contributed by atoms with E-state index in [4.69, 9.17) is 14.0 Å². The molecule has 2 fully saturated rings. The number of rotatable bonds is 2. The van der Waals surface area contributed by atoms with Gasteiger partial charge in [0.05, 0.1) is 12.9 Å². The number of para-hydroxylation sites is 1. The molecule has 19 heavy (non-hydrogen) atoms. The number of methoxy groups -OCH3 is 1. The highest BCUT2D eigenvalue weighted by Crippen LogP contribution is 2.35. The minimum Gasteiger partial charge on any atom is -0.596 e. The number of carbonyl (C=O) groups is 2. The highest BCUT2D eigenvalue weighted by atomic mass is 16.7. The second-order valence-electron chi connectivity index (χ2n) is 5.19. The van der Waals surface area contributed by atoms with Crippen molar-refractivity contribution in [3.63, 3.8) is 0 Å². The van der Waals surface area contributed by atoms with Crippen LogP contribution in [0, 0.1) is 0 Å². The fourth-order valence-corrected chi connectivity index (χ4v) is 3.03. The number of hydrogen-bond donors (Lipinski definition) is 0. The lowest BCUT2D eigenvalue weighted by atomic mass is 9.60. The van der Waals surface area contributed by atoms with Crippen molar-refractivity contribution in [1.82, 2.24) is 0 Å². The van der Waals surface area contributed by atoms with Gasteiger partial charge in [0, 0.05) is 7.05 Å². The highest BCUT2D eigenvalue weighted by molar-refractivity contribution is 6.79. The van der Waals surface area contributed by atoms with E-state index >= 15 is 0 Å². The SMILES string of the molecule is COc1ccccc1[B-]12OC(=O)C[N+]1(C)CC(=O)O2. The van der Waals surface area contributed by atoms with Gasteiger partial charge in [-0.05, 0) is 11.5 Å². The van der Waals surface area contributed by atoms with E-state index in [2.05, 4.69) is 0 Å². The van der Waals surface area contributed by atoms with Crippen LogP contribution >= 0.6 is 0 Å². The van der Waals surface area contributed by atoms with Crippen molar-refractivity contribution in [2.24, 2.45) is 0 Å². The number of quaternary nitrogens is 1. The lowest BCUT2D eigenvalue weighted by molar-refractivity contribution is -0.791. The summed E-state index contributed by atoms with van der Waals surface area (Å²) in [4.78, 5) is 23.4. The first-order valence-electron chi connectivity index (χ1n) is 6.06. The molecule has 0 saturated carbocycles. The van der Waals surface area contributed by atoms with Crippen LogP contribution in [0.2, 0.25) is 0 Å². The first-order valence-corrected chi connectivity index (χ1v) is 6.06. The molecule has 0 spiro atoms. The van der Waals surface area contributed by atoms with Gasteiger partial charge in [-0.3, -0.25) is 9.59 Å². The summed E-state index contributed by atoms with van der Waals surface area (Å²) in [6.07, 6.45) is 0. The van der Waals surface area contributed by atoms with Gasteiger partial charge in [-0.1, -0.05) is 18.2 Å². The van der Waals surface area contributed by atoms with E-state index in [0.717, 1.165) is 0 Å². The van der Waals surface area contributed by atoms with Gasteiger partial charge in [0.1, 0.15) is 13.1 Å². The predicted octanol–water partition coefficient (Wildman–Crippen LogP) is -0.599. The zero-order valence-corrected chi connectivity index (χ0v) is 10.8. The van der Waals surface area contributed by atoms with Gasteiger partial charge in [-0.2, -0.15) is 0 Å². The van der Waals surface area contributed by atoms with Crippen LogP contribution < -0.4 is 10.2 Å². The Morgan fingerprint density at radius 3 is 2.32 bits per heavy atom. The Bertz CT molecular complexity index is 553. The number of fused-ring (bicyclic) bond motifs is 1. The molecule has 1 aromatic rings. The second kappa shape index (κ2) is 3.74. The first-order chi connectivity index (χ1) is 9.01. The van der Waals surface area contributed by atoms with E-state index < -0.39 is 6.69 Å². The monoisotopic (exact) mass is 263 g/mol. The van der Waals surface area contributed by atoms with Crippen LogP contribution in [-0.4, -0.2) is 50.3 Å². The van der Waals surface area contributed by atoms with Gasteiger partial charge in [0.25, 0.3) is 0 Å². The van der Waals surface area contributed by atoms with Crippen molar-refractivity contribution in [2.45, 2.75) is 0 Å². The Labute approximate surface area is 110 Å². The van der Waals surface area contributed by atoms with Crippen LogP contribution in [0.15, 0.2) is 24.3 Å². The minimum atomic E-state index is -2.21. The number of benzene rings is 1. The molecule has 0 amide bonds. The highest BCUT2D eigenvalue weighted by Gasteiger charge is 2.67. The molecule has 2 saturated heterocycles. The van der Waals surface area contributed by atoms with Crippen molar-refractivity contribution >= 4 is 24.1 Å². The molecule has 0 radical (unpaired) electrons. The zero-order valence-electron chi connectivity index (χ0n) is 10.8. The molecule has 0 bridgehead atoms. The molecule has 0 aliphatic carbocycles. The number of hydrogen-bond acceptors (Lipinski definition) is 5. The molecule has 2 aliphatic rings. The van der Waals surface area contributed by atoms with Gasteiger partial charge >= 0.3 is 18.6 Å². The Hall–Kier alpha value is -2.02. The molecule has 1 aromatic carbocycles. The van der Waals surface area contributed by atoms with Gasteiger partial charge in [0.15, 0.2) is 0 Å². The molecule has 0 aromatic heterocycles. The third kappa shape index (κ3) is 1.48. The van der Waals surface area contributed by atoms with Gasteiger partial charge < -0.3 is 18.4 Å². The second-order valence-corrected chi connectivity index (χ2v) is 5.19. The van der Waals surface area contributed by atoms with Crippen LogP contribution in [0.3, 0.4) is 0 Å². The van der Waals surface area contributed by atoms with Gasteiger partial charge in [-0.25, -0.2) is 0 Å². The Kier molecular flexibility index (Phi) is 2.37. The molecule has 2 heterocycles. The van der Waals surface area contributed by atoms with E-state index in [1.54, 1.807) is 25.2 Å². The normalized spacial score (nSPS) is 32.7. The summed E-state index contributed by atoms with van der Waals surface area (Å²) in [5.41, 5.74) is 0.615. The molecule has 2 aliphatic heterocycles. The Morgan fingerprint density at radius 2 is 1.74 bits per heavy atom. The van der Waals surface area contributed by atoms with E-state index in [9.17, 15) is 9.59 Å². The van der Waals surface area contributed by atoms with Crippen molar-refractivity contribution in [1.29, 1.82) is 0 Å². The maximum Gasteiger partial charge on any atom is 0.618 e. The fourth-order valence-electron chi connectivity index (χ4n) is 3.03. The zero-order chi connectivity index (χ0) is 13.7. The lowest BCUT2D eigenvalue weighted by Gasteiger charge is -2.40. The third-order valence-corrected chi connectivity index (χ3v) is 3.92. The third-order valence-electron chi connectivity index (χ3n) is 3.92. The number of carbonyl (C=O) groups excluding carboxylic acids is 2. The van der Waals surface area contributed by atoms with Crippen LogP contribution in [-0.2, 0) is 18.9 Å². The average Bonchev–Trinajstić information content (AvgIpc) is 2.73. The molecule has 0 atom stereocenters. The van der Waals surface area contributed by atoms with Crippen molar-refractivity contribution in [2.75, 3.05) is 27.2 Å². The topological polar surface area (TPSA) is 61.8 Å². The summed E-state index contributed by atoms with van der Waals surface area (Å²) in [6.45, 7) is -1.95. The van der Waals surface area contributed by atoms with Crippen LogP contribution in [0.5, 0.6) is 5.75 Å². The Balaban J connectivity index is 2.20. The summed E-state index contributed by atoms with van der Waals surface area (Å²) in [7, 11) is 3.33. The summed E-state index contributed by atoms with van der Waals surface area (Å²) >= 11 is 0. The van der Waals surface area contributed by atoms with Gasteiger partial charge in [0.2, 0.25) is 0 Å². The quantitative estimate of drug-likeness (QED) is 0.667. The molecule has 0 N–H and O–H groups in total. The Morgan fingerprint density at radius 1 is 1.16 bits per heavy atom. The smallest absolute Gasteiger partial charge is 0.596 e. The van der Waals surface area contributed by atoms with Crippen LogP contribution in [0.25, 0.3) is 0 Å². The van der Waals surface area contributed by atoms with Gasteiger partial charge in [-0.15, -0.1) is 0 Å². The van der Waals surface area contributed by atoms with E-state index in [1.165, 1.54) is 7.11 Å². The molecule has 100 valence electrons. The lowest BCUT2D eigenvalue weighted by Crippen LogP contribution is -2.67. The molecule has 3 rings (SSSR count). The summed E-state index contributed by atoms with van der Waals surface area (Å²) in [5, 5.41) is 0. The van der Waals surface area contributed by atoms with Crippen LogP contribution in [0.1, 0.15) is 0 Å². The van der Waals surface area contributed by atoms with E-state index in [-0.39, 0.29) is 29.4 Å². The van der Waals surface area contributed by atoms with E-state index in [1.807, 2.05) is 6.07 Å². The summed E-state index contributed by atoms with van der Waals surface area (Å²) in [6, 6.07) is 7.14.